The molecular weight excluding hydrogens is 371 g/mol. The van der Waals surface area contributed by atoms with Gasteiger partial charge in [0.25, 0.3) is 10.0 Å². The molecule has 0 aliphatic heterocycles. The first kappa shape index (κ1) is 19.9. The van der Waals surface area contributed by atoms with Gasteiger partial charge in [-0.3, -0.25) is 4.72 Å². The lowest BCUT2D eigenvalue weighted by Crippen LogP contribution is -2.19. The number of halogens is 3. The van der Waals surface area contributed by atoms with Crippen LogP contribution >= 0.6 is 0 Å². The minimum absolute atomic E-state index is 0.00484. The van der Waals surface area contributed by atoms with Crippen LogP contribution in [0.3, 0.4) is 0 Å². The molecule has 1 N–H and O–H groups in total. The monoisotopic (exact) mass is 389 g/mol. The van der Waals surface area contributed by atoms with Gasteiger partial charge in [-0.05, 0) is 38.1 Å². The molecule has 0 bridgehead atoms. The van der Waals surface area contributed by atoms with E-state index in [1.54, 1.807) is 19.9 Å². The second kappa shape index (κ2) is 7.86. The number of hydrogen-bond acceptors (Lipinski definition) is 4. The van der Waals surface area contributed by atoms with Gasteiger partial charge in [-0.2, -0.15) is 13.2 Å². The van der Waals surface area contributed by atoms with Gasteiger partial charge in [0.2, 0.25) is 0 Å². The molecule has 2 aromatic carbocycles. The van der Waals surface area contributed by atoms with Crippen molar-refractivity contribution in [3.8, 4) is 11.5 Å². The molecule has 0 aliphatic rings. The van der Waals surface area contributed by atoms with Gasteiger partial charge in [-0.1, -0.05) is 12.1 Å². The fourth-order valence-electron chi connectivity index (χ4n) is 2.26. The van der Waals surface area contributed by atoms with Crippen molar-refractivity contribution in [2.75, 3.05) is 17.9 Å². The van der Waals surface area contributed by atoms with Crippen molar-refractivity contribution >= 4 is 15.7 Å². The van der Waals surface area contributed by atoms with Crippen LogP contribution in [-0.4, -0.2) is 21.6 Å². The minimum atomic E-state index is -4.80. The maximum atomic E-state index is 13.1. The summed E-state index contributed by atoms with van der Waals surface area (Å²) in [4.78, 5) is -0.864. The molecule has 26 heavy (non-hydrogen) atoms. The van der Waals surface area contributed by atoms with E-state index in [1.165, 1.54) is 18.2 Å². The summed E-state index contributed by atoms with van der Waals surface area (Å²) >= 11 is 0. The lowest BCUT2D eigenvalue weighted by molar-refractivity contribution is -0.139. The Bertz CT molecular complexity index is 867. The highest BCUT2D eigenvalue weighted by molar-refractivity contribution is 7.92. The van der Waals surface area contributed by atoms with Crippen LogP contribution in [0.1, 0.15) is 19.4 Å². The van der Waals surface area contributed by atoms with Crippen molar-refractivity contribution < 1.29 is 31.1 Å². The average molecular weight is 389 g/mol. The van der Waals surface area contributed by atoms with Crippen molar-refractivity contribution in [1.82, 2.24) is 0 Å². The summed E-state index contributed by atoms with van der Waals surface area (Å²) in [7, 11) is -4.51. The Balaban J connectivity index is 2.49. The maximum Gasteiger partial charge on any atom is 0.417 e. The molecule has 0 aliphatic carbocycles. The zero-order chi connectivity index (χ0) is 19.4. The molecule has 142 valence electrons. The second-order valence-corrected chi connectivity index (χ2v) is 6.77. The third-order valence-corrected chi connectivity index (χ3v) is 4.71. The van der Waals surface area contributed by atoms with E-state index in [4.69, 9.17) is 9.47 Å². The number of alkyl halides is 3. The minimum Gasteiger partial charge on any atom is -0.494 e. The maximum absolute atomic E-state index is 13.1. The van der Waals surface area contributed by atoms with E-state index in [1.807, 2.05) is 0 Å². The largest absolute Gasteiger partial charge is 0.494 e. The van der Waals surface area contributed by atoms with E-state index in [0.29, 0.717) is 18.4 Å². The van der Waals surface area contributed by atoms with E-state index in [-0.39, 0.29) is 18.0 Å². The molecule has 0 unspecified atom stereocenters. The van der Waals surface area contributed by atoms with Crippen molar-refractivity contribution in [3.63, 3.8) is 0 Å². The molecule has 0 aromatic heterocycles. The molecule has 2 aromatic rings. The van der Waals surface area contributed by atoms with Gasteiger partial charge in [0.05, 0.1) is 29.4 Å². The van der Waals surface area contributed by atoms with Crippen molar-refractivity contribution in [2.45, 2.75) is 24.9 Å². The molecule has 0 spiro atoms. The lowest BCUT2D eigenvalue weighted by atomic mass is 10.2. The Morgan fingerprint density at radius 3 is 2.27 bits per heavy atom. The summed E-state index contributed by atoms with van der Waals surface area (Å²) in [5.74, 6) is 0.543. The Kier molecular flexibility index (Phi) is 6.01. The highest BCUT2D eigenvalue weighted by atomic mass is 32.2. The highest BCUT2D eigenvalue weighted by Gasteiger charge is 2.37. The van der Waals surface area contributed by atoms with Gasteiger partial charge in [0.15, 0.2) is 0 Å². The molecule has 0 heterocycles. The Hall–Kier alpha value is -2.42. The molecule has 0 radical (unpaired) electrons. The molecule has 9 heteroatoms. The fourth-order valence-corrected chi connectivity index (χ4v) is 3.55. The molecular formula is C17H18F3NO4S. The summed E-state index contributed by atoms with van der Waals surface area (Å²) in [5.41, 5.74) is -1.25. The molecule has 2 rings (SSSR count). The number of sulfonamides is 1. The first-order valence-electron chi connectivity index (χ1n) is 7.77. The van der Waals surface area contributed by atoms with Crippen LogP contribution in [-0.2, 0) is 16.2 Å². The van der Waals surface area contributed by atoms with E-state index in [9.17, 15) is 21.6 Å². The molecule has 0 atom stereocenters. The zero-order valence-corrected chi connectivity index (χ0v) is 14.9. The predicted octanol–water partition coefficient (Wildman–Crippen LogP) is 4.30. The van der Waals surface area contributed by atoms with Crippen molar-refractivity contribution in [1.29, 1.82) is 0 Å². The first-order valence-corrected chi connectivity index (χ1v) is 9.26. The number of rotatable bonds is 7. The molecule has 0 saturated heterocycles. The van der Waals surface area contributed by atoms with Crippen LogP contribution in [0.5, 0.6) is 11.5 Å². The number of anilines is 1. The van der Waals surface area contributed by atoms with Crippen LogP contribution in [0.25, 0.3) is 0 Å². The van der Waals surface area contributed by atoms with Crippen LogP contribution in [0.4, 0.5) is 18.9 Å². The van der Waals surface area contributed by atoms with Crippen LogP contribution < -0.4 is 14.2 Å². The van der Waals surface area contributed by atoms with E-state index >= 15 is 0 Å². The third-order valence-electron chi connectivity index (χ3n) is 3.29. The van der Waals surface area contributed by atoms with Gasteiger partial charge in [0.1, 0.15) is 11.5 Å². The second-order valence-electron chi connectivity index (χ2n) is 5.12. The quantitative estimate of drug-likeness (QED) is 0.767. The van der Waals surface area contributed by atoms with Gasteiger partial charge in [-0.15, -0.1) is 0 Å². The molecule has 0 fully saturated rings. The summed E-state index contributed by atoms with van der Waals surface area (Å²) in [6, 6.07) is 8.40. The third kappa shape index (κ3) is 4.60. The van der Waals surface area contributed by atoms with E-state index in [2.05, 4.69) is 4.72 Å². The number of hydrogen-bond donors (Lipinski definition) is 1. The van der Waals surface area contributed by atoms with Crippen LogP contribution in [0, 0.1) is 0 Å². The van der Waals surface area contributed by atoms with E-state index in [0.717, 1.165) is 12.1 Å². The van der Waals surface area contributed by atoms with Gasteiger partial charge < -0.3 is 9.47 Å². The van der Waals surface area contributed by atoms with Crippen LogP contribution in [0.2, 0.25) is 0 Å². The van der Waals surface area contributed by atoms with E-state index < -0.39 is 26.7 Å². The fraction of sp³-hybridized carbons (Fsp3) is 0.294. The molecule has 0 saturated carbocycles. The zero-order valence-electron chi connectivity index (χ0n) is 14.1. The Labute approximate surface area is 149 Å². The standard InChI is InChI=1S/C17H18F3NO4S/c1-3-24-12-9-10-15(25-4-2)14(11-12)21-26(22,23)16-8-6-5-7-13(16)17(18,19)20/h5-11,21H,3-4H2,1-2H3. The van der Waals surface area contributed by atoms with Crippen molar-refractivity contribution in [2.24, 2.45) is 0 Å². The SMILES string of the molecule is CCOc1ccc(OCC)c(NS(=O)(=O)c2ccccc2C(F)(F)F)c1. The van der Waals surface area contributed by atoms with Gasteiger partial charge in [-0.25, -0.2) is 8.42 Å². The first-order chi connectivity index (χ1) is 12.2. The normalized spacial score (nSPS) is 11.9. The average Bonchev–Trinajstić information content (AvgIpc) is 2.56. The van der Waals surface area contributed by atoms with Crippen LogP contribution in [0.15, 0.2) is 47.4 Å². The van der Waals surface area contributed by atoms with Gasteiger partial charge >= 0.3 is 6.18 Å². The number of nitrogens with one attached hydrogen (secondary N) is 1. The van der Waals surface area contributed by atoms with Gasteiger partial charge in [0, 0.05) is 6.07 Å². The Morgan fingerprint density at radius 1 is 1.00 bits per heavy atom. The molecule has 5 nitrogen and oxygen atoms in total. The number of benzene rings is 2. The topological polar surface area (TPSA) is 64.6 Å². The Morgan fingerprint density at radius 2 is 1.65 bits per heavy atom. The smallest absolute Gasteiger partial charge is 0.417 e. The summed E-state index contributed by atoms with van der Waals surface area (Å²) < 4.78 is 77.4. The summed E-state index contributed by atoms with van der Waals surface area (Å²) in [5, 5.41) is 0. The summed E-state index contributed by atoms with van der Waals surface area (Å²) in [6.45, 7) is 4.05. The van der Waals surface area contributed by atoms with Crippen molar-refractivity contribution in [3.05, 3.63) is 48.0 Å². The highest BCUT2D eigenvalue weighted by Crippen LogP contribution is 2.36. The lowest BCUT2D eigenvalue weighted by Gasteiger charge is -2.17. The summed E-state index contributed by atoms with van der Waals surface area (Å²) in [6.07, 6.45) is -4.80. The number of ether oxygens (including phenoxy) is 2. The predicted molar refractivity (Wildman–Crippen MR) is 91.0 cm³/mol. The molecule has 0 amide bonds.